The fraction of sp³-hybridized carbons (Fsp3) is 0.750. The normalized spacial score (nSPS) is 11.0. The highest BCUT2D eigenvalue weighted by Gasteiger charge is 2.02. The van der Waals surface area contributed by atoms with Crippen LogP contribution in [0.4, 0.5) is 0 Å². The van der Waals surface area contributed by atoms with Crippen molar-refractivity contribution < 1.29 is 5.11 Å². The number of aromatic nitrogens is 3. The Bertz CT molecular complexity index is 232. The van der Waals surface area contributed by atoms with Crippen LogP contribution in [0.25, 0.3) is 0 Å². The van der Waals surface area contributed by atoms with Crippen LogP contribution in [0.5, 0.6) is 0 Å². The van der Waals surface area contributed by atoms with Gasteiger partial charge in [-0.2, -0.15) is 0 Å². The SMILES string of the molecule is CC(C)n1cc(CCCO)nn1. The first kappa shape index (κ1) is 9.19. The Hall–Kier alpha value is -0.900. The van der Waals surface area contributed by atoms with Gasteiger partial charge in [0.05, 0.1) is 5.69 Å². The number of aliphatic hydroxyl groups is 1. The molecule has 1 aromatic rings. The highest BCUT2D eigenvalue weighted by molar-refractivity contribution is 4.92. The molecule has 4 nitrogen and oxygen atoms in total. The van der Waals surface area contributed by atoms with Crippen molar-refractivity contribution in [3.8, 4) is 0 Å². The van der Waals surface area contributed by atoms with E-state index in [-0.39, 0.29) is 6.61 Å². The maximum Gasteiger partial charge on any atom is 0.0828 e. The van der Waals surface area contributed by atoms with Gasteiger partial charge in [0.25, 0.3) is 0 Å². The molecule has 0 atom stereocenters. The van der Waals surface area contributed by atoms with Gasteiger partial charge in [0, 0.05) is 18.8 Å². The summed E-state index contributed by atoms with van der Waals surface area (Å²) in [5.74, 6) is 0. The van der Waals surface area contributed by atoms with E-state index in [1.165, 1.54) is 0 Å². The smallest absolute Gasteiger partial charge is 0.0828 e. The minimum atomic E-state index is 0.217. The maximum absolute atomic E-state index is 8.59. The van der Waals surface area contributed by atoms with E-state index in [4.69, 9.17) is 5.11 Å². The summed E-state index contributed by atoms with van der Waals surface area (Å²) in [5.41, 5.74) is 0.956. The van der Waals surface area contributed by atoms with E-state index in [0.29, 0.717) is 6.04 Å². The monoisotopic (exact) mass is 169 g/mol. The molecule has 68 valence electrons. The summed E-state index contributed by atoms with van der Waals surface area (Å²) in [7, 11) is 0. The highest BCUT2D eigenvalue weighted by Crippen LogP contribution is 2.03. The summed E-state index contributed by atoms with van der Waals surface area (Å²) >= 11 is 0. The van der Waals surface area contributed by atoms with Crippen molar-refractivity contribution in [1.29, 1.82) is 0 Å². The number of hydrogen-bond donors (Lipinski definition) is 1. The van der Waals surface area contributed by atoms with E-state index in [2.05, 4.69) is 24.2 Å². The second-order valence-electron chi connectivity index (χ2n) is 3.11. The van der Waals surface area contributed by atoms with Gasteiger partial charge in [-0.1, -0.05) is 5.21 Å². The molecule has 0 aliphatic rings. The molecule has 0 radical (unpaired) electrons. The third-order valence-corrected chi connectivity index (χ3v) is 1.68. The summed E-state index contributed by atoms with van der Waals surface area (Å²) in [6.45, 7) is 4.34. The number of rotatable bonds is 4. The lowest BCUT2D eigenvalue weighted by atomic mass is 10.2. The van der Waals surface area contributed by atoms with Crippen molar-refractivity contribution in [3.05, 3.63) is 11.9 Å². The van der Waals surface area contributed by atoms with Gasteiger partial charge < -0.3 is 5.11 Å². The minimum Gasteiger partial charge on any atom is -0.396 e. The molecule has 0 saturated heterocycles. The average molecular weight is 169 g/mol. The largest absolute Gasteiger partial charge is 0.396 e. The van der Waals surface area contributed by atoms with Crippen LogP contribution < -0.4 is 0 Å². The zero-order valence-corrected chi connectivity index (χ0v) is 7.56. The Morgan fingerprint density at radius 3 is 2.83 bits per heavy atom. The van der Waals surface area contributed by atoms with Gasteiger partial charge in [0.15, 0.2) is 0 Å². The molecule has 1 rings (SSSR count). The van der Waals surface area contributed by atoms with E-state index in [9.17, 15) is 0 Å². The topological polar surface area (TPSA) is 50.9 Å². The van der Waals surface area contributed by atoms with Gasteiger partial charge >= 0.3 is 0 Å². The maximum atomic E-state index is 8.59. The molecule has 1 N–H and O–H groups in total. The Kier molecular flexibility index (Phi) is 3.22. The summed E-state index contributed by atoms with van der Waals surface area (Å²) in [6, 6.07) is 0.361. The predicted molar refractivity (Wildman–Crippen MR) is 45.8 cm³/mol. The van der Waals surface area contributed by atoms with Crippen LogP contribution in [-0.4, -0.2) is 26.7 Å². The van der Waals surface area contributed by atoms with Crippen LogP contribution in [-0.2, 0) is 6.42 Å². The molecule has 0 aromatic carbocycles. The van der Waals surface area contributed by atoms with Crippen LogP contribution in [0.3, 0.4) is 0 Å². The van der Waals surface area contributed by atoms with E-state index < -0.39 is 0 Å². The average Bonchev–Trinajstić information content (AvgIpc) is 2.48. The van der Waals surface area contributed by atoms with E-state index in [0.717, 1.165) is 18.5 Å². The molecule has 0 fully saturated rings. The van der Waals surface area contributed by atoms with Gasteiger partial charge in [0.2, 0.25) is 0 Å². The molecule has 12 heavy (non-hydrogen) atoms. The van der Waals surface area contributed by atoms with Gasteiger partial charge in [-0.25, -0.2) is 4.68 Å². The molecule has 1 heterocycles. The fourth-order valence-corrected chi connectivity index (χ4v) is 0.940. The van der Waals surface area contributed by atoms with Gasteiger partial charge in [-0.3, -0.25) is 0 Å². The molecule has 0 aliphatic carbocycles. The first-order valence-electron chi connectivity index (χ1n) is 4.25. The third kappa shape index (κ3) is 2.30. The highest BCUT2D eigenvalue weighted by atomic mass is 16.2. The van der Waals surface area contributed by atoms with Crippen LogP contribution >= 0.6 is 0 Å². The van der Waals surface area contributed by atoms with Gasteiger partial charge in [-0.05, 0) is 26.7 Å². The molecular weight excluding hydrogens is 154 g/mol. The molecule has 0 spiro atoms. The minimum absolute atomic E-state index is 0.217. The molecule has 0 saturated carbocycles. The summed E-state index contributed by atoms with van der Waals surface area (Å²) < 4.78 is 1.83. The van der Waals surface area contributed by atoms with Crippen molar-refractivity contribution in [2.75, 3.05) is 6.61 Å². The van der Waals surface area contributed by atoms with Crippen LogP contribution in [0.15, 0.2) is 6.20 Å². The second-order valence-corrected chi connectivity index (χ2v) is 3.11. The molecule has 0 amide bonds. The van der Waals surface area contributed by atoms with E-state index >= 15 is 0 Å². The number of aryl methyl sites for hydroxylation is 1. The van der Waals surface area contributed by atoms with Crippen LogP contribution in [0, 0.1) is 0 Å². The molecule has 4 heteroatoms. The molecular formula is C8H15N3O. The first-order chi connectivity index (χ1) is 5.74. The first-order valence-corrected chi connectivity index (χ1v) is 4.25. The van der Waals surface area contributed by atoms with Gasteiger partial charge in [-0.15, -0.1) is 5.10 Å². The van der Waals surface area contributed by atoms with Crippen molar-refractivity contribution in [1.82, 2.24) is 15.0 Å². The lowest BCUT2D eigenvalue weighted by Crippen LogP contribution is -2.00. The Morgan fingerprint density at radius 1 is 1.58 bits per heavy atom. The number of hydrogen-bond acceptors (Lipinski definition) is 3. The lowest BCUT2D eigenvalue weighted by molar-refractivity contribution is 0.288. The van der Waals surface area contributed by atoms with Crippen molar-refractivity contribution in [2.45, 2.75) is 32.7 Å². The zero-order valence-electron chi connectivity index (χ0n) is 7.56. The van der Waals surface area contributed by atoms with Crippen molar-refractivity contribution >= 4 is 0 Å². The van der Waals surface area contributed by atoms with Crippen molar-refractivity contribution in [2.24, 2.45) is 0 Å². The van der Waals surface area contributed by atoms with E-state index in [1.807, 2.05) is 10.9 Å². The predicted octanol–water partition coefficient (Wildman–Crippen LogP) is 0.784. The standard InChI is InChI=1S/C8H15N3O/c1-7(2)11-6-8(9-10-11)4-3-5-12/h6-7,12H,3-5H2,1-2H3. The molecule has 0 aliphatic heterocycles. The summed E-state index contributed by atoms with van der Waals surface area (Å²) in [5, 5.41) is 16.5. The quantitative estimate of drug-likeness (QED) is 0.724. The Labute approximate surface area is 72.2 Å². The summed E-state index contributed by atoms with van der Waals surface area (Å²) in [4.78, 5) is 0. The molecule has 1 aromatic heterocycles. The van der Waals surface area contributed by atoms with Crippen LogP contribution in [0.1, 0.15) is 32.0 Å². The molecule has 0 unspecified atom stereocenters. The number of nitrogens with zero attached hydrogens (tertiary/aromatic N) is 3. The lowest BCUT2D eigenvalue weighted by Gasteiger charge is -2.00. The van der Waals surface area contributed by atoms with E-state index in [1.54, 1.807) is 0 Å². The number of aliphatic hydroxyl groups excluding tert-OH is 1. The molecule has 0 bridgehead atoms. The van der Waals surface area contributed by atoms with Gasteiger partial charge in [0.1, 0.15) is 0 Å². The zero-order chi connectivity index (χ0) is 8.97. The summed E-state index contributed by atoms with van der Waals surface area (Å²) in [6.07, 6.45) is 3.50. The Morgan fingerprint density at radius 2 is 2.33 bits per heavy atom. The Balaban J connectivity index is 2.52. The van der Waals surface area contributed by atoms with Crippen LogP contribution in [0.2, 0.25) is 0 Å². The second kappa shape index (κ2) is 4.21. The van der Waals surface area contributed by atoms with Crippen molar-refractivity contribution in [3.63, 3.8) is 0 Å². The third-order valence-electron chi connectivity index (χ3n) is 1.68. The fourth-order valence-electron chi connectivity index (χ4n) is 0.940.